The lowest BCUT2D eigenvalue weighted by Crippen LogP contribution is -2.28. The molecule has 3 N–H and O–H groups in total. The average molecular weight is 551 g/mol. The smallest absolute Gasteiger partial charge is 0.307 e. The van der Waals surface area contributed by atoms with Crippen LogP contribution in [0, 0.1) is 12.8 Å². The van der Waals surface area contributed by atoms with E-state index in [9.17, 15) is 19.0 Å². The largest absolute Gasteiger partial charge is 0.493 e. The Morgan fingerprint density at radius 2 is 1.79 bits per heavy atom. The molecule has 0 spiro atoms. The standard InChI is InChI=1S/C31H34O7S/c1-19-14-25(38-24-9-12-39(34,35)13-10-24)16-22-8-11-36-29-7-2-20(15-28(29)30(19)22)18-37-23-5-3-21(4-6-23)26-17-27(26)31(32)33/h2-7,14-16,24,26-27,34-35H,8-13,17-18H2,1H3,(H,32,33). The van der Waals surface area contributed by atoms with Crippen LogP contribution in [0.3, 0.4) is 0 Å². The molecule has 6 rings (SSSR count). The van der Waals surface area contributed by atoms with Crippen molar-refractivity contribution in [1.29, 1.82) is 0 Å². The number of ether oxygens (including phenoxy) is 3. The van der Waals surface area contributed by atoms with Crippen LogP contribution in [0.15, 0.2) is 54.6 Å². The van der Waals surface area contributed by atoms with Crippen LogP contribution >= 0.6 is 10.6 Å². The molecule has 8 heteroatoms. The van der Waals surface area contributed by atoms with Gasteiger partial charge >= 0.3 is 5.97 Å². The van der Waals surface area contributed by atoms with Gasteiger partial charge in [0.2, 0.25) is 0 Å². The van der Waals surface area contributed by atoms with Crippen molar-refractivity contribution < 1.29 is 33.2 Å². The van der Waals surface area contributed by atoms with Crippen LogP contribution in [0.25, 0.3) is 11.1 Å². The Morgan fingerprint density at radius 1 is 1.03 bits per heavy atom. The van der Waals surface area contributed by atoms with Crippen molar-refractivity contribution in [3.63, 3.8) is 0 Å². The molecule has 2 unspecified atom stereocenters. The maximum absolute atomic E-state index is 11.2. The van der Waals surface area contributed by atoms with E-state index in [0.29, 0.717) is 44.0 Å². The lowest BCUT2D eigenvalue weighted by Gasteiger charge is -2.39. The molecule has 3 aromatic rings. The second-order valence-electron chi connectivity index (χ2n) is 10.9. The zero-order chi connectivity index (χ0) is 27.1. The molecular weight excluding hydrogens is 516 g/mol. The van der Waals surface area contributed by atoms with Gasteiger partial charge in [0.1, 0.15) is 30.0 Å². The lowest BCUT2D eigenvalue weighted by molar-refractivity contribution is -0.138. The molecule has 0 aromatic heterocycles. The number of carbonyl (C=O) groups is 1. The highest BCUT2D eigenvalue weighted by molar-refractivity contribution is 8.24. The van der Waals surface area contributed by atoms with E-state index >= 15 is 0 Å². The number of carboxylic acids is 1. The summed E-state index contributed by atoms with van der Waals surface area (Å²) in [5, 5.41) is 9.17. The average Bonchev–Trinajstić information content (AvgIpc) is 3.73. The van der Waals surface area contributed by atoms with Gasteiger partial charge in [0.05, 0.1) is 12.5 Å². The van der Waals surface area contributed by atoms with E-state index in [-0.39, 0.29) is 17.9 Å². The SMILES string of the molecule is Cc1cc(OC2CCS(O)(O)CC2)cc2c1-c1cc(COc3ccc(C4CC4C(=O)O)cc3)ccc1OCC2. The zero-order valence-corrected chi connectivity index (χ0v) is 22.8. The topological polar surface area (TPSA) is 105 Å². The first kappa shape index (κ1) is 26.0. The number of carboxylic acid groups (broad SMARTS) is 1. The number of rotatable bonds is 7. The van der Waals surface area contributed by atoms with Gasteiger partial charge in [0.15, 0.2) is 0 Å². The fourth-order valence-corrected chi connectivity index (χ4v) is 7.23. The third-order valence-corrected chi connectivity index (χ3v) is 9.77. The molecule has 2 aliphatic heterocycles. The van der Waals surface area contributed by atoms with Gasteiger partial charge in [-0.1, -0.05) is 18.2 Å². The Kier molecular flexibility index (Phi) is 6.95. The third kappa shape index (κ3) is 5.73. The Balaban J connectivity index is 1.17. The number of hydrogen-bond donors (Lipinski definition) is 3. The van der Waals surface area contributed by atoms with Crippen molar-refractivity contribution in [3.05, 3.63) is 76.9 Å². The Bertz CT molecular complexity index is 1370. The van der Waals surface area contributed by atoms with Crippen molar-refractivity contribution >= 4 is 16.6 Å². The molecule has 1 aliphatic carbocycles. The van der Waals surface area contributed by atoms with Gasteiger partial charge in [0.25, 0.3) is 0 Å². The van der Waals surface area contributed by atoms with E-state index < -0.39 is 16.6 Å². The van der Waals surface area contributed by atoms with Gasteiger partial charge in [-0.15, -0.1) is 0 Å². The molecular formula is C31H34O7S. The second-order valence-corrected chi connectivity index (χ2v) is 13.3. The van der Waals surface area contributed by atoms with Gasteiger partial charge in [-0.3, -0.25) is 13.9 Å². The summed E-state index contributed by atoms with van der Waals surface area (Å²) in [4.78, 5) is 11.2. The van der Waals surface area contributed by atoms with Crippen LogP contribution in [0.4, 0.5) is 0 Å². The first-order chi connectivity index (χ1) is 18.8. The number of hydrogen-bond acceptors (Lipinski definition) is 6. The van der Waals surface area contributed by atoms with Crippen molar-refractivity contribution in [2.24, 2.45) is 5.92 Å². The van der Waals surface area contributed by atoms with Crippen molar-refractivity contribution in [2.75, 3.05) is 18.1 Å². The van der Waals surface area contributed by atoms with E-state index in [2.05, 4.69) is 25.1 Å². The molecule has 3 aromatic carbocycles. The molecule has 7 nitrogen and oxygen atoms in total. The first-order valence-corrected chi connectivity index (χ1v) is 15.4. The molecule has 2 heterocycles. The van der Waals surface area contributed by atoms with Gasteiger partial charge in [-0.05, 0) is 83.5 Å². The Hall–Kier alpha value is -3.20. The number of aliphatic carboxylic acids is 1. The van der Waals surface area contributed by atoms with Crippen LogP contribution in [0.1, 0.15) is 47.4 Å². The first-order valence-electron chi connectivity index (χ1n) is 13.5. The molecule has 39 heavy (non-hydrogen) atoms. The quantitative estimate of drug-likeness (QED) is 0.302. The van der Waals surface area contributed by atoms with Crippen LogP contribution < -0.4 is 14.2 Å². The number of fused-ring (bicyclic) bond motifs is 3. The van der Waals surface area contributed by atoms with E-state index in [1.165, 1.54) is 5.56 Å². The minimum absolute atomic E-state index is 0.00243. The highest BCUT2D eigenvalue weighted by Crippen LogP contribution is 2.48. The van der Waals surface area contributed by atoms with E-state index in [1.807, 2.05) is 36.4 Å². The third-order valence-electron chi connectivity index (χ3n) is 7.99. The summed E-state index contributed by atoms with van der Waals surface area (Å²) in [5.41, 5.74) is 6.58. The molecule has 3 aliphatic rings. The number of benzene rings is 3. The predicted molar refractivity (Wildman–Crippen MR) is 151 cm³/mol. The summed E-state index contributed by atoms with van der Waals surface area (Å²) in [5.74, 6) is 2.37. The van der Waals surface area contributed by atoms with Gasteiger partial charge < -0.3 is 19.3 Å². The van der Waals surface area contributed by atoms with Crippen LogP contribution in [0.5, 0.6) is 17.2 Å². The molecule has 1 saturated heterocycles. The maximum atomic E-state index is 11.2. The predicted octanol–water partition coefficient (Wildman–Crippen LogP) is 6.66. The van der Waals surface area contributed by atoms with Gasteiger partial charge in [-0.2, -0.15) is 10.6 Å². The molecule has 1 saturated carbocycles. The van der Waals surface area contributed by atoms with Gasteiger partial charge in [0, 0.05) is 36.3 Å². The summed E-state index contributed by atoms with van der Waals surface area (Å²) in [6.07, 6.45) is 2.78. The Morgan fingerprint density at radius 3 is 2.51 bits per heavy atom. The van der Waals surface area contributed by atoms with Crippen molar-refractivity contribution in [1.82, 2.24) is 0 Å². The summed E-state index contributed by atoms with van der Waals surface area (Å²) >= 11 is 0. The minimum atomic E-state index is -2.43. The normalized spacial score (nSPS) is 22.4. The summed E-state index contributed by atoms with van der Waals surface area (Å²) in [6.45, 7) is 3.08. The van der Waals surface area contributed by atoms with Crippen LogP contribution in [-0.4, -0.2) is 44.4 Å². The second kappa shape index (κ2) is 10.4. The highest BCUT2D eigenvalue weighted by Gasteiger charge is 2.44. The van der Waals surface area contributed by atoms with Crippen molar-refractivity contribution in [2.45, 2.75) is 51.2 Å². The fraction of sp³-hybridized carbons (Fsp3) is 0.387. The number of aryl methyl sites for hydroxylation is 1. The Labute approximate surface area is 230 Å². The lowest BCUT2D eigenvalue weighted by atomic mass is 9.92. The summed E-state index contributed by atoms with van der Waals surface area (Å²) in [6, 6.07) is 18.1. The zero-order valence-electron chi connectivity index (χ0n) is 22.0. The molecule has 2 atom stereocenters. The fourth-order valence-electron chi connectivity index (χ4n) is 5.75. The van der Waals surface area contributed by atoms with Crippen LogP contribution in [0.2, 0.25) is 0 Å². The van der Waals surface area contributed by atoms with Crippen molar-refractivity contribution in [3.8, 4) is 28.4 Å². The summed E-state index contributed by atoms with van der Waals surface area (Å²) < 4.78 is 38.3. The summed E-state index contributed by atoms with van der Waals surface area (Å²) in [7, 11) is -2.43. The van der Waals surface area contributed by atoms with Crippen LogP contribution in [-0.2, 0) is 17.8 Å². The molecule has 0 bridgehead atoms. The van der Waals surface area contributed by atoms with E-state index in [4.69, 9.17) is 14.2 Å². The molecule has 2 fully saturated rings. The highest BCUT2D eigenvalue weighted by atomic mass is 32.3. The molecule has 0 radical (unpaired) electrons. The van der Waals surface area contributed by atoms with E-state index in [0.717, 1.165) is 51.5 Å². The molecule has 206 valence electrons. The molecule has 0 amide bonds. The maximum Gasteiger partial charge on any atom is 0.307 e. The van der Waals surface area contributed by atoms with E-state index in [1.54, 1.807) is 0 Å². The monoisotopic (exact) mass is 550 g/mol. The minimum Gasteiger partial charge on any atom is -0.493 e. The van der Waals surface area contributed by atoms with Gasteiger partial charge in [-0.25, -0.2) is 0 Å².